The molecule has 0 saturated carbocycles. The molecule has 32 heavy (non-hydrogen) atoms. The third-order valence-corrected chi connectivity index (χ3v) is 5.92. The van der Waals surface area contributed by atoms with Crippen LogP contribution in [0.5, 0.6) is 0 Å². The molecule has 174 valence electrons. The van der Waals surface area contributed by atoms with Crippen molar-refractivity contribution in [2.45, 2.75) is 42.7 Å². The van der Waals surface area contributed by atoms with E-state index in [1.165, 1.54) is 11.8 Å². The number of pyridine rings is 1. The Balaban J connectivity index is 2.80. The van der Waals surface area contributed by atoms with Gasteiger partial charge in [-0.15, -0.1) is 11.8 Å². The molecular formula is C21H20F5NO3S2. The molecule has 0 unspecified atom stereocenters. The molecule has 0 aliphatic carbocycles. The van der Waals surface area contributed by atoms with Crippen LogP contribution >= 0.6 is 23.5 Å². The van der Waals surface area contributed by atoms with E-state index in [0.29, 0.717) is 16.7 Å². The van der Waals surface area contributed by atoms with Crippen LogP contribution in [-0.2, 0) is 17.3 Å². The van der Waals surface area contributed by atoms with Gasteiger partial charge in [-0.25, -0.2) is 18.6 Å². The molecule has 0 N–H and O–H groups in total. The van der Waals surface area contributed by atoms with Gasteiger partial charge in [-0.3, -0.25) is 4.79 Å². The fraction of sp³-hybridized carbons (Fsp3) is 0.381. The third kappa shape index (κ3) is 6.00. The summed E-state index contributed by atoms with van der Waals surface area (Å²) >= 11 is 1.95. The molecule has 0 aliphatic heterocycles. The zero-order valence-corrected chi connectivity index (χ0v) is 19.2. The van der Waals surface area contributed by atoms with E-state index in [9.17, 15) is 31.5 Å². The molecule has 0 radical (unpaired) electrons. The summed E-state index contributed by atoms with van der Waals surface area (Å²) in [5.41, 5.74) is -5.25. The summed E-state index contributed by atoms with van der Waals surface area (Å²) in [5.74, 6) is -1.63. The van der Waals surface area contributed by atoms with Crippen molar-refractivity contribution < 1.29 is 36.3 Å². The lowest BCUT2D eigenvalue weighted by molar-refractivity contribution is -0.141. The summed E-state index contributed by atoms with van der Waals surface area (Å²) in [6.07, 6.45) is -7.07. The van der Waals surface area contributed by atoms with E-state index < -0.39 is 51.8 Å². The number of methoxy groups -OCH3 is 1. The molecule has 0 spiro atoms. The monoisotopic (exact) mass is 493 g/mol. The van der Waals surface area contributed by atoms with Crippen molar-refractivity contribution in [1.82, 2.24) is 4.98 Å². The highest BCUT2D eigenvalue weighted by Gasteiger charge is 2.42. The van der Waals surface area contributed by atoms with Gasteiger partial charge in [0.15, 0.2) is 5.69 Å². The van der Waals surface area contributed by atoms with Gasteiger partial charge >= 0.3 is 12.1 Å². The Morgan fingerprint density at radius 3 is 2.06 bits per heavy atom. The van der Waals surface area contributed by atoms with Crippen molar-refractivity contribution >= 4 is 34.6 Å². The van der Waals surface area contributed by atoms with E-state index in [0.717, 1.165) is 12.0 Å². The van der Waals surface area contributed by atoms with E-state index in [2.05, 4.69) is 9.72 Å². The van der Waals surface area contributed by atoms with E-state index in [1.807, 2.05) is 6.26 Å². The van der Waals surface area contributed by atoms with Crippen molar-refractivity contribution in [3.8, 4) is 0 Å². The molecule has 4 nitrogen and oxygen atoms in total. The first-order chi connectivity index (χ1) is 14.9. The van der Waals surface area contributed by atoms with Gasteiger partial charge in [0, 0.05) is 9.79 Å². The number of halogens is 5. The van der Waals surface area contributed by atoms with Crippen LogP contribution in [0.2, 0.25) is 0 Å². The average Bonchev–Trinajstić information content (AvgIpc) is 2.71. The lowest BCUT2D eigenvalue weighted by atomic mass is 9.91. The van der Waals surface area contributed by atoms with Crippen LogP contribution in [0.15, 0.2) is 34.1 Å². The third-order valence-electron chi connectivity index (χ3n) is 4.28. The molecule has 0 bridgehead atoms. The predicted molar refractivity (Wildman–Crippen MR) is 112 cm³/mol. The molecule has 1 aromatic carbocycles. The number of hydrogen-bond acceptors (Lipinski definition) is 6. The number of rotatable bonds is 7. The quantitative estimate of drug-likeness (QED) is 0.244. The Kier molecular flexibility index (Phi) is 8.69. The molecule has 0 atom stereocenters. The number of aromatic nitrogens is 1. The fourth-order valence-electron chi connectivity index (χ4n) is 2.98. The maximum absolute atomic E-state index is 13.8. The van der Waals surface area contributed by atoms with Gasteiger partial charge in [-0.2, -0.15) is 13.2 Å². The van der Waals surface area contributed by atoms with Crippen molar-refractivity contribution in [2.24, 2.45) is 5.92 Å². The number of benzene rings is 1. The molecule has 1 aromatic heterocycles. The minimum Gasteiger partial charge on any atom is -0.465 e. The van der Waals surface area contributed by atoms with E-state index in [4.69, 9.17) is 0 Å². The van der Waals surface area contributed by atoms with Gasteiger partial charge in [0.25, 0.3) is 6.43 Å². The van der Waals surface area contributed by atoms with Gasteiger partial charge in [0.1, 0.15) is 5.69 Å². The lowest BCUT2D eigenvalue weighted by Gasteiger charge is -2.21. The highest BCUT2D eigenvalue weighted by atomic mass is 32.2. The number of nitrogens with zero attached hydrogens (tertiary/aromatic N) is 1. The summed E-state index contributed by atoms with van der Waals surface area (Å²) in [6, 6.07) is 6.51. The zero-order valence-electron chi connectivity index (χ0n) is 17.5. The molecule has 0 saturated heterocycles. The van der Waals surface area contributed by atoms with Gasteiger partial charge < -0.3 is 4.74 Å². The largest absolute Gasteiger partial charge is 0.465 e. The number of hydrogen-bond donors (Lipinski definition) is 0. The lowest BCUT2D eigenvalue weighted by Crippen LogP contribution is -2.24. The van der Waals surface area contributed by atoms with Crippen LogP contribution < -0.4 is 0 Å². The number of carbonyl (C=O) groups excluding carboxylic acids is 2. The first-order valence-electron chi connectivity index (χ1n) is 9.27. The molecule has 2 rings (SSSR count). The maximum atomic E-state index is 13.8. The zero-order chi connectivity index (χ0) is 24.2. The normalized spacial score (nSPS) is 11.8. The molecule has 1 heterocycles. The van der Waals surface area contributed by atoms with Crippen LogP contribution in [0.4, 0.5) is 22.0 Å². The van der Waals surface area contributed by atoms with Gasteiger partial charge in [0.2, 0.25) is 5.12 Å². The second-order valence-corrected chi connectivity index (χ2v) is 8.95. The number of esters is 1. The first-order valence-corrected chi connectivity index (χ1v) is 11.3. The highest BCUT2D eigenvalue weighted by Crippen LogP contribution is 2.40. The summed E-state index contributed by atoms with van der Waals surface area (Å²) in [7, 11) is 0.915. The topological polar surface area (TPSA) is 56.3 Å². The van der Waals surface area contributed by atoms with E-state index in [1.54, 1.807) is 38.1 Å². The van der Waals surface area contributed by atoms with Crippen molar-refractivity contribution in [1.29, 1.82) is 0 Å². The van der Waals surface area contributed by atoms with Crippen LogP contribution in [0.1, 0.15) is 57.9 Å². The minimum atomic E-state index is -5.20. The molecule has 0 amide bonds. The Hall–Kier alpha value is -2.14. The van der Waals surface area contributed by atoms with Gasteiger partial charge in [-0.05, 0) is 60.2 Å². The number of thioether (sulfide) groups is 2. The SMILES string of the molecule is COC(=O)c1c(C(F)F)nc(C(F)(F)F)c(C(=O)Sc2ccc(SC)cc2)c1CC(C)C. The minimum absolute atomic E-state index is 0.233. The number of alkyl halides is 5. The van der Waals surface area contributed by atoms with Crippen molar-refractivity contribution in [2.75, 3.05) is 13.4 Å². The van der Waals surface area contributed by atoms with Gasteiger partial charge in [0.05, 0.1) is 18.2 Å². The van der Waals surface area contributed by atoms with Crippen LogP contribution in [0.3, 0.4) is 0 Å². The molecule has 0 fully saturated rings. The maximum Gasteiger partial charge on any atom is 0.434 e. The van der Waals surface area contributed by atoms with E-state index in [-0.39, 0.29) is 12.3 Å². The van der Waals surface area contributed by atoms with Gasteiger partial charge in [-0.1, -0.05) is 13.8 Å². The molecular weight excluding hydrogens is 473 g/mol. The molecule has 2 aromatic rings. The van der Waals surface area contributed by atoms with Crippen molar-refractivity contribution in [3.63, 3.8) is 0 Å². The number of carbonyl (C=O) groups is 2. The Labute approximate surface area is 190 Å². The molecule has 11 heteroatoms. The molecule has 0 aliphatic rings. The average molecular weight is 494 g/mol. The Morgan fingerprint density at radius 1 is 1.06 bits per heavy atom. The van der Waals surface area contributed by atoms with Crippen LogP contribution in [-0.4, -0.2) is 29.4 Å². The standard InChI is InChI=1S/C21H20F5NO3S2/c1-10(2)9-13-14(19(28)30-3)16(18(22)23)27-17(21(24,25)26)15(13)20(29)32-12-7-5-11(31-4)6-8-12/h5-8,10,18H,9H2,1-4H3. The van der Waals surface area contributed by atoms with Crippen LogP contribution in [0, 0.1) is 5.92 Å². The first kappa shape index (κ1) is 26.1. The Bertz CT molecular complexity index is 992. The number of ether oxygens (including phenoxy) is 1. The second kappa shape index (κ2) is 10.7. The Morgan fingerprint density at radius 2 is 1.62 bits per heavy atom. The summed E-state index contributed by atoms with van der Waals surface area (Å²) in [5, 5.41) is -1.05. The second-order valence-electron chi connectivity index (χ2n) is 7.03. The summed E-state index contributed by atoms with van der Waals surface area (Å²) in [4.78, 5) is 29.7. The summed E-state index contributed by atoms with van der Waals surface area (Å²) < 4.78 is 73.3. The fourth-order valence-corrected chi connectivity index (χ4v) is 4.20. The smallest absolute Gasteiger partial charge is 0.434 e. The van der Waals surface area contributed by atoms with Crippen LogP contribution in [0.25, 0.3) is 0 Å². The van der Waals surface area contributed by atoms with E-state index >= 15 is 0 Å². The predicted octanol–water partition coefficient (Wildman–Crippen LogP) is 6.68. The highest BCUT2D eigenvalue weighted by molar-refractivity contribution is 8.14. The van der Waals surface area contributed by atoms with Crippen molar-refractivity contribution in [3.05, 3.63) is 52.3 Å². The summed E-state index contributed by atoms with van der Waals surface area (Å²) in [6.45, 7) is 3.25.